The van der Waals surface area contributed by atoms with E-state index >= 15 is 0 Å². The van der Waals surface area contributed by atoms with Crippen molar-refractivity contribution in [3.63, 3.8) is 0 Å². The van der Waals surface area contributed by atoms with Crippen LogP contribution in [0, 0.1) is 0 Å². The molecule has 1 aromatic heterocycles. The van der Waals surface area contributed by atoms with Gasteiger partial charge < -0.3 is 9.88 Å². The smallest absolute Gasteiger partial charge is 0.0553 e. The molecule has 0 spiro atoms. The van der Waals surface area contributed by atoms with Gasteiger partial charge in [-0.25, -0.2) is 0 Å². The van der Waals surface area contributed by atoms with Gasteiger partial charge in [-0.3, -0.25) is 0 Å². The lowest BCUT2D eigenvalue weighted by atomic mass is 10.0. The number of rotatable bonds is 5. The van der Waals surface area contributed by atoms with Crippen LogP contribution in [0.2, 0.25) is 0 Å². The Balaban J connectivity index is 1.75. The van der Waals surface area contributed by atoms with Gasteiger partial charge in [0.1, 0.15) is 0 Å². The first kappa shape index (κ1) is 13.5. The molecular weight excluding hydrogens is 256 g/mol. The van der Waals surface area contributed by atoms with E-state index in [4.69, 9.17) is 0 Å². The number of para-hydroxylation sites is 1. The van der Waals surface area contributed by atoms with E-state index < -0.39 is 0 Å². The molecule has 0 aliphatic carbocycles. The lowest BCUT2D eigenvalue weighted by Crippen LogP contribution is -2.06. The fourth-order valence-corrected chi connectivity index (χ4v) is 2.53. The minimum atomic E-state index is 0.843. The third-order valence-electron chi connectivity index (χ3n) is 3.77. The first-order chi connectivity index (χ1) is 10.3. The summed E-state index contributed by atoms with van der Waals surface area (Å²) in [4.78, 5) is 0. The van der Waals surface area contributed by atoms with E-state index in [1.54, 1.807) is 0 Å². The first-order valence-corrected chi connectivity index (χ1v) is 7.29. The zero-order chi connectivity index (χ0) is 14.5. The summed E-state index contributed by atoms with van der Waals surface area (Å²) < 4.78 is 2.15. The van der Waals surface area contributed by atoms with Crippen LogP contribution in [-0.4, -0.2) is 4.57 Å². The lowest BCUT2D eigenvalue weighted by molar-refractivity contribution is 0.841. The van der Waals surface area contributed by atoms with Crippen LogP contribution in [0.1, 0.15) is 16.8 Å². The molecule has 2 heteroatoms. The van der Waals surface area contributed by atoms with E-state index in [-0.39, 0.29) is 0 Å². The Morgan fingerprint density at radius 3 is 2.38 bits per heavy atom. The van der Waals surface area contributed by atoms with E-state index in [9.17, 15) is 0 Å². The normalized spacial score (nSPS) is 10.5. The number of anilines is 1. The van der Waals surface area contributed by atoms with Crippen LogP contribution in [-0.2, 0) is 20.0 Å². The molecule has 0 amide bonds. The number of hydrogen-bond acceptors (Lipinski definition) is 1. The first-order valence-electron chi connectivity index (χ1n) is 7.29. The minimum Gasteiger partial charge on any atom is -0.379 e. The van der Waals surface area contributed by atoms with Crippen molar-refractivity contribution < 1.29 is 0 Å². The molecule has 1 N–H and O–H groups in total. The summed E-state index contributed by atoms with van der Waals surface area (Å²) in [5.74, 6) is 0. The summed E-state index contributed by atoms with van der Waals surface area (Å²) in [6, 6.07) is 23.4. The van der Waals surface area contributed by atoms with Crippen LogP contribution < -0.4 is 5.32 Å². The summed E-state index contributed by atoms with van der Waals surface area (Å²) in [6.07, 6.45) is 3.03. The van der Waals surface area contributed by atoms with Gasteiger partial charge in [-0.1, -0.05) is 48.5 Å². The third kappa shape index (κ3) is 3.34. The molecule has 21 heavy (non-hydrogen) atoms. The molecular formula is C19H20N2. The van der Waals surface area contributed by atoms with Crippen molar-refractivity contribution in [3.8, 4) is 0 Å². The van der Waals surface area contributed by atoms with Gasteiger partial charge in [0.05, 0.1) is 6.54 Å². The van der Waals surface area contributed by atoms with E-state index in [0.29, 0.717) is 0 Å². The Kier molecular flexibility index (Phi) is 4.06. The molecule has 106 valence electrons. The Bertz CT molecular complexity index is 698. The highest BCUT2D eigenvalue weighted by atomic mass is 15.0. The molecule has 1 heterocycles. The summed E-state index contributed by atoms with van der Waals surface area (Å²) in [5, 5.41) is 3.56. The average molecular weight is 276 g/mol. The molecule has 0 aliphatic heterocycles. The van der Waals surface area contributed by atoms with Gasteiger partial charge in [0, 0.05) is 24.6 Å². The van der Waals surface area contributed by atoms with Crippen molar-refractivity contribution in [2.45, 2.75) is 13.0 Å². The molecule has 3 rings (SSSR count). The van der Waals surface area contributed by atoms with Gasteiger partial charge in [0.15, 0.2) is 0 Å². The van der Waals surface area contributed by atoms with Gasteiger partial charge in [-0.15, -0.1) is 0 Å². The van der Waals surface area contributed by atoms with Crippen molar-refractivity contribution >= 4 is 5.69 Å². The van der Waals surface area contributed by atoms with Gasteiger partial charge in [-0.05, 0) is 35.7 Å². The zero-order valence-electron chi connectivity index (χ0n) is 12.3. The number of hydrogen-bond donors (Lipinski definition) is 1. The van der Waals surface area contributed by atoms with E-state index in [1.165, 1.54) is 22.5 Å². The monoisotopic (exact) mass is 276 g/mol. The van der Waals surface area contributed by atoms with Crippen molar-refractivity contribution in [2.24, 2.45) is 7.05 Å². The highest BCUT2D eigenvalue weighted by molar-refractivity contribution is 5.53. The van der Waals surface area contributed by atoms with E-state index in [1.807, 2.05) is 0 Å². The Morgan fingerprint density at radius 2 is 1.62 bits per heavy atom. The molecule has 2 nitrogen and oxygen atoms in total. The van der Waals surface area contributed by atoms with E-state index in [2.05, 4.69) is 89.9 Å². The highest BCUT2D eigenvalue weighted by Gasteiger charge is 2.04. The van der Waals surface area contributed by atoms with Crippen LogP contribution in [0.5, 0.6) is 0 Å². The Morgan fingerprint density at radius 1 is 0.857 bits per heavy atom. The molecule has 0 unspecified atom stereocenters. The maximum absolute atomic E-state index is 3.56. The van der Waals surface area contributed by atoms with Crippen molar-refractivity contribution in [2.75, 3.05) is 5.32 Å². The third-order valence-corrected chi connectivity index (χ3v) is 3.77. The second-order valence-electron chi connectivity index (χ2n) is 5.28. The van der Waals surface area contributed by atoms with Crippen molar-refractivity contribution in [1.82, 2.24) is 4.57 Å². The lowest BCUT2D eigenvalue weighted by Gasteiger charge is -2.12. The topological polar surface area (TPSA) is 17.0 Å². The predicted octanol–water partition coefficient (Wildman–Crippen LogP) is 4.23. The second kappa shape index (κ2) is 6.31. The fraction of sp³-hybridized carbons (Fsp3) is 0.158. The quantitative estimate of drug-likeness (QED) is 0.738. The molecule has 3 aromatic rings. The summed E-state index contributed by atoms with van der Waals surface area (Å²) >= 11 is 0. The number of aromatic nitrogens is 1. The Hall–Kier alpha value is -2.48. The fourth-order valence-electron chi connectivity index (χ4n) is 2.53. The molecule has 0 radical (unpaired) electrons. The van der Waals surface area contributed by atoms with Crippen LogP contribution in [0.25, 0.3) is 0 Å². The summed E-state index contributed by atoms with van der Waals surface area (Å²) in [5.41, 5.74) is 5.16. The van der Waals surface area contributed by atoms with Gasteiger partial charge in [0.2, 0.25) is 0 Å². The molecule has 0 saturated carbocycles. The van der Waals surface area contributed by atoms with E-state index in [0.717, 1.165) is 13.0 Å². The number of aryl methyl sites for hydroxylation is 1. The number of benzene rings is 2. The SMILES string of the molecule is Cn1cccc1CNc1ccccc1Cc1ccccc1. The molecule has 0 saturated heterocycles. The average Bonchev–Trinajstić information content (AvgIpc) is 2.93. The predicted molar refractivity (Wildman–Crippen MR) is 88.4 cm³/mol. The van der Waals surface area contributed by atoms with Crippen LogP contribution in [0.4, 0.5) is 5.69 Å². The summed E-state index contributed by atoms with van der Waals surface area (Å²) in [7, 11) is 2.08. The summed E-state index contributed by atoms with van der Waals surface area (Å²) in [6.45, 7) is 0.843. The van der Waals surface area contributed by atoms with Gasteiger partial charge >= 0.3 is 0 Å². The van der Waals surface area contributed by atoms with Gasteiger partial charge in [0.25, 0.3) is 0 Å². The second-order valence-corrected chi connectivity index (χ2v) is 5.28. The number of nitrogens with one attached hydrogen (secondary N) is 1. The molecule has 2 aromatic carbocycles. The standard InChI is InChI=1S/C19H20N2/c1-21-13-7-11-18(21)15-20-19-12-6-5-10-17(19)14-16-8-3-2-4-9-16/h2-13,20H,14-15H2,1H3. The Labute approximate surface area is 126 Å². The van der Waals surface area contributed by atoms with Crippen LogP contribution in [0.3, 0.4) is 0 Å². The molecule has 0 aliphatic rings. The minimum absolute atomic E-state index is 0.843. The zero-order valence-corrected chi connectivity index (χ0v) is 12.3. The maximum atomic E-state index is 3.56. The van der Waals surface area contributed by atoms with Crippen LogP contribution >= 0.6 is 0 Å². The van der Waals surface area contributed by atoms with Gasteiger partial charge in [-0.2, -0.15) is 0 Å². The maximum Gasteiger partial charge on any atom is 0.0553 e. The van der Waals surface area contributed by atoms with Crippen molar-refractivity contribution in [1.29, 1.82) is 0 Å². The highest BCUT2D eigenvalue weighted by Crippen LogP contribution is 2.19. The molecule has 0 fully saturated rings. The largest absolute Gasteiger partial charge is 0.379 e. The molecule has 0 bridgehead atoms. The number of nitrogens with zero attached hydrogens (tertiary/aromatic N) is 1. The molecule has 0 atom stereocenters. The van der Waals surface area contributed by atoms with Crippen molar-refractivity contribution in [3.05, 3.63) is 89.7 Å². The van der Waals surface area contributed by atoms with Crippen LogP contribution in [0.15, 0.2) is 72.9 Å².